The lowest BCUT2D eigenvalue weighted by Gasteiger charge is -2.36. The van der Waals surface area contributed by atoms with Crippen molar-refractivity contribution in [2.24, 2.45) is 0 Å². The van der Waals surface area contributed by atoms with E-state index < -0.39 is 5.97 Å². The maximum atomic E-state index is 14.2. The number of aromatic carboxylic acids is 1. The van der Waals surface area contributed by atoms with Crippen molar-refractivity contribution in [1.82, 2.24) is 25.1 Å². The van der Waals surface area contributed by atoms with Gasteiger partial charge in [-0.25, -0.2) is 9.78 Å². The Bertz CT molecular complexity index is 1560. The second kappa shape index (κ2) is 17.0. The number of imidazole rings is 1. The molecule has 258 valence electrons. The van der Waals surface area contributed by atoms with E-state index in [9.17, 15) is 24.6 Å². The minimum absolute atomic E-state index is 0.0103. The third kappa shape index (κ3) is 8.38. The summed E-state index contributed by atoms with van der Waals surface area (Å²) in [5, 5.41) is 22.8. The van der Waals surface area contributed by atoms with Gasteiger partial charge in [0, 0.05) is 67.3 Å². The summed E-state index contributed by atoms with van der Waals surface area (Å²) < 4.78 is 5.60. The maximum Gasteiger partial charge on any atom is 0.335 e. The molecule has 2 aliphatic heterocycles. The number of nitrogens with one attached hydrogen (secondary N) is 2. The average molecular weight is 660 g/mol. The minimum atomic E-state index is -1.12. The summed E-state index contributed by atoms with van der Waals surface area (Å²) in [6.45, 7) is 8.91. The molecular weight excluding hydrogens is 610 g/mol. The van der Waals surface area contributed by atoms with Gasteiger partial charge in [-0.05, 0) is 61.4 Å². The molecule has 0 aliphatic carbocycles. The largest absolute Gasteiger partial charge is 0.478 e. The summed E-state index contributed by atoms with van der Waals surface area (Å²) in [7, 11) is 0. The van der Waals surface area contributed by atoms with Gasteiger partial charge in [-0.2, -0.15) is 0 Å². The van der Waals surface area contributed by atoms with Crippen molar-refractivity contribution in [2.45, 2.75) is 77.4 Å². The summed E-state index contributed by atoms with van der Waals surface area (Å²) >= 11 is 0. The van der Waals surface area contributed by atoms with E-state index in [2.05, 4.69) is 34.0 Å². The smallest absolute Gasteiger partial charge is 0.335 e. The van der Waals surface area contributed by atoms with Gasteiger partial charge >= 0.3 is 5.97 Å². The van der Waals surface area contributed by atoms with E-state index in [1.165, 1.54) is 12.1 Å². The lowest BCUT2D eigenvalue weighted by atomic mass is 9.87. The minimum Gasteiger partial charge on any atom is -0.478 e. The summed E-state index contributed by atoms with van der Waals surface area (Å²) in [6, 6.07) is 9.64. The summed E-state index contributed by atoms with van der Waals surface area (Å²) in [5.41, 5.74) is 3.92. The molecule has 11 heteroatoms. The Morgan fingerprint density at radius 2 is 1.81 bits per heavy atom. The van der Waals surface area contributed by atoms with Gasteiger partial charge in [0.05, 0.1) is 31.4 Å². The molecule has 4 N–H and O–H groups in total. The molecule has 2 aliphatic rings. The van der Waals surface area contributed by atoms with Crippen LogP contribution < -0.4 is 5.32 Å². The van der Waals surface area contributed by atoms with Crippen LogP contribution in [-0.2, 0) is 28.9 Å². The first-order valence-electron chi connectivity index (χ1n) is 17.4. The van der Waals surface area contributed by atoms with Crippen LogP contribution in [0.2, 0.25) is 0 Å². The number of aryl methyl sites for hydroxylation is 1. The standard InChI is InChI=1S/C37H49N5O6/c1-3-5-14-42(15-6-4-2)36(45)33(41-16-18-48-19-17-41)13-11-27-23-39-35(40-27)30-12-10-25(37(46)47)20-32(30)34(44)29-9-7-8-26-22-38-28(24-43)21-31(26)29/h7-10,12,20,23,28,33,38,43H,3-6,11,13-19,21-22,24H2,1-2H3,(H,39,40)(H,46,47). The predicted molar refractivity (Wildman–Crippen MR) is 183 cm³/mol. The van der Waals surface area contributed by atoms with Crippen molar-refractivity contribution in [3.63, 3.8) is 0 Å². The van der Waals surface area contributed by atoms with Crippen LogP contribution in [0.15, 0.2) is 42.6 Å². The van der Waals surface area contributed by atoms with E-state index in [0.29, 0.717) is 69.1 Å². The number of amides is 1. The number of rotatable bonds is 16. The molecule has 1 saturated heterocycles. The number of carboxylic acid groups (broad SMARTS) is 1. The zero-order valence-corrected chi connectivity index (χ0v) is 28.2. The number of carbonyl (C=O) groups excluding carboxylic acids is 2. The Balaban J connectivity index is 1.41. The maximum absolute atomic E-state index is 14.2. The number of H-pyrrole nitrogens is 1. The third-order valence-electron chi connectivity index (χ3n) is 9.50. The fourth-order valence-electron chi connectivity index (χ4n) is 6.68. The van der Waals surface area contributed by atoms with Gasteiger partial charge in [0.2, 0.25) is 5.91 Å². The molecule has 1 fully saturated rings. The van der Waals surface area contributed by atoms with Crippen molar-refractivity contribution in [3.05, 3.63) is 76.1 Å². The van der Waals surface area contributed by atoms with Gasteiger partial charge in [-0.15, -0.1) is 0 Å². The molecule has 0 bridgehead atoms. The molecule has 5 rings (SSSR count). The highest BCUT2D eigenvalue weighted by atomic mass is 16.5. The van der Waals surface area contributed by atoms with Crippen LogP contribution in [0.3, 0.4) is 0 Å². The topological polar surface area (TPSA) is 148 Å². The zero-order valence-electron chi connectivity index (χ0n) is 28.2. The molecule has 3 heterocycles. The number of nitrogens with zero attached hydrogens (tertiary/aromatic N) is 3. The number of ether oxygens (including phenoxy) is 1. The lowest BCUT2D eigenvalue weighted by Crippen LogP contribution is -2.52. The number of aromatic nitrogens is 2. The molecule has 11 nitrogen and oxygen atoms in total. The van der Waals surface area contributed by atoms with E-state index in [0.717, 1.165) is 55.6 Å². The van der Waals surface area contributed by atoms with Gasteiger partial charge in [0.1, 0.15) is 5.82 Å². The fourth-order valence-corrected chi connectivity index (χ4v) is 6.68. The SMILES string of the molecule is CCCCN(CCCC)C(=O)C(CCc1cnc(-c2ccc(C(=O)O)cc2C(=O)c2cccc3c2CC(CO)NC3)[nH]1)N1CCOCC1. The number of hydrogen-bond donors (Lipinski definition) is 4. The monoisotopic (exact) mass is 659 g/mol. The summed E-state index contributed by atoms with van der Waals surface area (Å²) in [4.78, 5) is 52.4. The van der Waals surface area contributed by atoms with Crippen LogP contribution in [0.5, 0.6) is 0 Å². The van der Waals surface area contributed by atoms with Crippen molar-refractivity contribution < 1.29 is 29.3 Å². The first kappa shape index (κ1) is 35.4. The number of fused-ring (bicyclic) bond motifs is 1. The normalized spacial score (nSPS) is 17.1. The molecular formula is C37H49N5O6. The number of ketones is 1. The summed E-state index contributed by atoms with van der Waals surface area (Å²) in [5.74, 6) is -0.785. The molecule has 2 atom stereocenters. The first-order valence-corrected chi connectivity index (χ1v) is 17.4. The highest BCUT2D eigenvalue weighted by molar-refractivity contribution is 6.14. The van der Waals surface area contributed by atoms with Crippen LogP contribution >= 0.6 is 0 Å². The number of carboxylic acids is 1. The van der Waals surface area contributed by atoms with E-state index in [1.807, 2.05) is 17.0 Å². The number of unbranched alkanes of at least 4 members (excludes halogenated alkanes) is 2. The Kier molecular flexibility index (Phi) is 12.5. The van der Waals surface area contributed by atoms with E-state index in [-0.39, 0.29) is 41.5 Å². The highest BCUT2D eigenvalue weighted by Crippen LogP contribution is 2.29. The number of aliphatic hydroxyl groups excluding tert-OH is 1. The molecule has 48 heavy (non-hydrogen) atoms. The molecule has 0 saturated carbocycles. The summed E-state index contributed by atoms with van der Waals surface area (Å²) in [6.07, 6.45) is 7.42. The van der Waals surface area contributed by atoms with E-state index in [4.69, 9.17) is 4.74 Å². The quantitative estimate of drug-likeness (QED) is 0.167. The number of hydrogen-bond acceptors (Lipinski definition) is 8. The number of carbonyl (C=O) groups is 3. The number of aliphatic hydroxyl groups is 1. The van der Waals surface area contributed by atoms with Crippen molar-refractivity contribution >= 4 is 17.7 Å². The van der Waals surface area contributed by atoms with Crippen LogP contribution in [-0.4, -0.2) is 106 Å². The molecule has 2 aromatic carbocycles. The lowest BCUT2D eigenvalue weighted by molar-refractivity contribution is -0.139. The Morgan fingerprint density at radius 3 is 2.50 bits per heavy atom. The van der Waals surface area contributed by atoms with Gasteiger partial charge in [0.15, 0.2) is 5.78 Å². The number of morpholine rings is 1. The Morgan fingerprint density at radius 1 is 1.06 bits per heavy atom. The molecule has 3 aromatic rings. The average Bonchev–Trinajstić information content (AvgIpc) is 3.60. The van der Waals surface area contributed by atoms with Crippen molar-refractivity contribution in [1.29, 1.82) is 0 Å². The van der Waals surface area contributed by atoms with E-state index >= 15 is 0 Å². The van der Waals surface area contributed by atoms with Crippen molar-refractivity contribution in [3.8, 4) is 11.4 Å². The molecule has 0 spiro atoms. The van der Waals surface area contributed by atoms with E-state index in [1.54, 1.807) is 18.3 Å². The second-order valence-corrected chi connectivity index (χ2v) is 12.8. The molecule has 1 amide bonds. The van der Waals surface area contributed by atoms with Gasteiger partial charge < -0.3 is 30.2 Å². The van der Waals surface area contributed by atoms with Gasteiger partial charge in [-0.1, -0.05) is 44.9 Å². The van der Waals surface area contributed by atoms with Crippen LogP contribution in [0, 0.1) is 0 Å². The van der Waals surface area contributed by atoms with Gasteiger partial charge in [-0.3, -0.25) is 14.5 Å². The number of aromatic amines is 1. The third-order valence-corrected chi connectivity index (χ3v) is 9.50. The van der Waals surface area contributed by atoms with Crippen LogP contribution in [0.25, 0.3) is 11.4 Å². The molecule has 0 radical (unpaired) electrons. The van der Waals surface area contributed by atoms with Gasteiger partial charge in [0.25, 0.3) is 0 Å². The second-order valence-electron chi connectivity index (χ2n) is 12.8. The Labute approximate surface area is 282 Å². The zero-order chi connectivity index (χ0) is 34.0. The first-order chi connectivity index (χ1) is 23.3. The fraction of sp³-hybridized carbons (Fsp3) is 0.514. The van der Waals surface area contributed by atoms with Crippen LogP contribution in [0.1, 0.15) is 89.1 Å². The van der Waals surface area contributed by atoms with Crippen molar-refractivity contribution in [2.75, 3.05) is 46.0 Å². The number of benzene rings is 2. The molecule has 1 aromatic heterocycles. The Hall–Kier alpha value is -3.90. The van der Waals surface area contributed by atoms with Crippen LogP contribution in [0.4, 0.5) is 0 Å². The predicted octanol–water partition coefficient (Wildman–Crippen LogP) is 4.07. The molecule has 2 unspecified atom stereocenters. The highest BCUT2D eigenvalue weighted by Gasteiger charge is 2.31.